The zero-order valence-electron chi connectivity index (χ0n) is 8.32. The molecule has 0 saturated heterocycles. The van der Waals surface area contributed by atoms with Crippen LogP contribution in [0, 0.1) is 0 Å². The Morgan fingerprint density at radius 3 is 2.43 bits per heavy atom. The normalized spacial score (nSPS) is 14.2. The van der Waals surface area contributed by atoms with Gasteiger partial charge in [0.2, 0.25) is 10.0 Å². The van der Waals surface area contributed by atoms with E-state index in [1.165, 1.54) is 14.2 Å². The molecular formula is C7H16BrNO4S. The quantitative estimate of drug-likeness (QED) is 0.637. The van der Waals surface area contributed by atoms with Crippen LogP contribution in [-0.2, 0) is 19.5 Å². The van der Waals surface area contributed by atoms with Gasteiger partial charge in [-0.25, -0.2) is 13.1 Å². The molecule has 1 atom stereocenters. The highest BCUT2D eigenvalue weighted by Crippen LogP contribution is 1.95. The first-order chi connectivity index (χ1) is 6.55. The van der Waals surface area contributed by atoms with Crippen molar-refractivity contribution in [1.29, 1.82) is 0 Å². The lowest BCUT2D eigenvalue weighted by Crippen LogP contribution is -2.41. The number of hydrogen-bond acceptors (Lipinski definition) is 4. The summed E-state index contributed by atoms with van der Waals surface area (Å²) in [5.74, 6) is -0.0310. The smallest absolute Gasteiger partial charge is 0.214 e. The Morgan fingerprint density at radius 1 is 1.36 bits per heavy atom. The zero-order chi connectivity index (χ0) is 11.0. The molecule has 86 valence electrons. The van der Waals surface area contributed by atoms with E-state index in [4.69, 9.17) is 9.47 Å². The summed E-state index contributed by atoms with van der Waals surface area (Å²) in [6, 6.07) is -0.234. The lowest BCUT2D eigenvalue weighted by Gasteiger charge is -2.14. The Morgan fingerprint density at radius 2 is 2.00 bits per heavy atom. The molecule has 0 fully saturated rings. The van der Waals surface area contributed by atoms with Crippen LogP contribution in [0.4, 0.5) is 0 Å². The number of nitrogens with one attached hydrogen (secondary N) is 1. The molecule has 0 aliphatic heterocycles. The van der Waals surface area contributed by atoms with Gasteiger partial charge in [-0.15, -0.1) is 0 Å². The molecule has 0 saturated carbocycles. The summed E-state index contributed by atoms with van der Waals surface area (Å²) < 4.78 is 34.8. The molecular weight excluding hydrogens is 274 g/mol. The van der Waals surface area contributed by atoms with E-state index in [1.807, 2.05) is 0 Å². The van der Waals surface area contributed by atoms with Crippen molar-refractivity contribution in [3.05, 3.63) is 0 Å². The van der Waals surface area contributed by atoms with Gasteiger partial charge in [-0.3, -0.25) is 0 Å². The molecule has 7 heteroatoms. The van der Waals surface area contributed by atoms with Crippen molar-refractivity contribution in [2.75, 3.05) is 38.5 Å². The maximum absolute atomic E-state index is 11.4. The predicted molar refractivity (Wildman–Crippen MR) is 58.3 cm³/mol. The number of hydrogen-bond donors (Lipinski definition) is 1. The Kier molecular flexibility index (Phi) is 7.75. The van der Waals surface area contributed by atoms with Gasteiger partial charge in [-0.05, 0) is 0 Å². The van der Waals surface area contributed by atoms with E-state index in [2.05, 4.69) is 20.7 Å². The number of alkyl halides is 1. The van der Waals surface area contributed by atoms with Gasteiger partial charge < -0.3 is 9.47 Å². The van der Waals surface area contributed by atoms with Crippen molar-refractivity contribution in [1.82, 2.24) is 4.72 Å². The minimum atomic E-state index is -3.26. The fourth-order valence-electron chi connectivity index (χ4n) is 0.817. The molecule has 0 aliphatic rings. The second-order valence-electron chi connectivity index (χ2n) is 2.74. The summed E-state index contributed by atoms with van der Waals surface area (Å²) in [7, 11) is -0.270. The molecule has 14 heavy (non-hydrogen) atoms. The topological polar surface area (TPSA) is 64.6 Å². The van der Waals surface area contributed by atoms with E-state index in [0.717, 1.165) is 0 Å². The summed E-state index contributed by atoms with van der Waals surface area (Å²) in [6.07, 6.45) is 0. The Labute approximate surface area is 93.3 Å². The molecule has 0 spiro atoms. The van der Waals surface area contributed by atoms with Crippen molar-refractivity contribution in [2.24, 2.45) is 0 Å². The third-order valence-corrected chi connectivity index (χ3v) is 3.63. The predicted octanol–water partition coefficient (Wildman–Crippen LogP) is -0.0379. The van der Waals surface area contributed by atoms with Crippen molar-refractivity contribution in [2.45, 2.75) is 6.04 Å². The molecule has 0 aliphatic carbocycles. The molecule has 0 aromatic rings. The van der Waals surface area contributed by atoms with Gasteiger partial charge in [-0.2, -0.15) is 0 Å². The van der Waals surface area contributed by atoms with Crippen LogP contribution in [0.2, 0.25) is 0 Å². The van der Waals surface area contributed by atoms with Crippen LogP contribution in [0.5, 0.6) is 0 Å². The Balaban J connectivity index is 4.04. The van der Waals surface area contributed by atoms with Crippen LogP contribution in [0.3, 0.4) is 0 Å². The largest absolute Gasteiger partial charge is 0.384 e. The van der Waals surface area contributed by atoms with Crippen molar-refractivity contribution in [3.8, 4) is 0 Å². The monoisotopic (exact) mass is 289 g/mol. The van der Waals surface area contributed by atoms with Gasteiger partial charge in [0.25, 0.3) is 0 Å². The number of halogens is 1. The average Bonchev–Trinajstić information content (AvgIpc) is 2.14. The summed E-state index contributed by atoms with van der Waals surface area (Å²) >= 11 is 3.20. The van der Waals surface area contributed by atoms with Gasteiger partial charge in [0.1, 0.15) is 0 Å². The van der Waals surface area contributed by atoms with E-state index >= 15 is 0 Å². The van der Waals surface area contributed by atoms with E-state index in [0.29, 0.717) is 11.9 Å². The number of ether oxygens (including phenoxy) is 2. The van der Waals surface area contributed by atoms with Crippen LogP contribution in [0.15, 0.2) is 0 Å². The molecule has 0 aromatic heterocycles. The minimum absolute atomic E-state index is 0.0310. The zero-order valence-corrected chi connectivity index (χ0v) is 10.7. The maximum Gasteiger partial charge on any atom is 0.214 e. The molecule has 0 aromatic carbocycles. The standard InChI is InChI=1S/C7H16BrNO4S/c1-12-3-4-14(10,11)9-7(5-8)6-13-2/h7,9H,3-6H2,1-2H3. The fourth-order valence-corrected chi connectivity index (χ4v) is 2.54. The second-order valence-corrected chi connectivity index (χ2v) is 5.26. The highest BCUT2D eigenvalue weighted by molar-refractivity contribution is 9.09. The third-order valence-electron chi connectivity index (χ3n) is 1.46. The number of rotatable bonds is 8. The molecule has 0 heterocycles. The van der Waals surface area contributed by atoms with Crippen LogP contribution >= 0.6 is 15.9 Å². The van der Waals surface area contributed by atoms with Crippen LogP contribution in [0.25, 0.3) is 0 Å². The van der Waals surface area contributed by atoms with Crippen LogP contribution in [0.1, 0.15) is 0 Å². The maximum atomic E-state index is 11.4. The van der Waals surface area contributed by atoms with Crippen LogP contribution in [-0.4, -0.2) is 53.0 Å². The minimum Gasteiger partial charge on any atom is -0.384 e. The molecule has 1 unspecified atom stereocenters. The van der Waals surface area contributed by atoms with Gasteiger partial charge in [0.05, 0.1) is 25.0 Å². The summed E-state index contributed by atoms with van der Waals surface area (Å²) in [6.45, 7) is 0.536. The molecule has 0 amide bonds. The lowest BCUT2D eigenvalue weighted by molar-refractivity contribution is 0.181. The second kappa shape index (κ2) is 7.58. The van der Waals surface area contributed by atoms with E-state index in [1.54, 1.807) is 0 Å². The van der Waals surface area contributed by atoms with Crippen molar-refractivity contribution < 1.29 is 17.9 Å². The Bertz CT molecular complexity index is 232. The molecule has 5 nitrogen and oxygen atoms in total. The van der Waals surface area contributed by atoms with Crippen molar-refractivity contribution in [3.63, 3.8) is 0 Å². The average molecular weight is 290 g/mol. The first kappa shape index (κ1) is 14.3. The summed E-state index contributed by atoms with van der Waals surface area (Å²) in [5.41, 5.74) is 0. The Hall–Kier alpha value is 0.310. The highest BCUT2D eigenvalue weighted by Gasteiger charge is 2.16. The van der Waals surface area contributed by atoms with Crippen molar-refractivity contribution >= 4 is 26.0 Å². The molecule has 0 bridgehead atoms. The number of sulfonamides is 1. The number of methoxy groups -OCH3 is 2. The summed E-state index contributed by atoms with van der Waals surface area (Å²) in [5, 5.41) is 0.521. The summed E-state index contributed by atoms with van der Waals surface area (Å²) in [4.78, 5) is 0. The molecule has 0 rings (SSSR count). The molecule has 1 N–H and O–H groups in total. The first-order valence-electron chi connectivity index (χ1n) is 4.09. The SMILES string of the molecule is COCCS(=O)(=O)NC(CBr)COC. The van der Waals surface area contributed by atoms with E-state index < -0.39 is 10.0 Å². The van der Waals surface area contributed by atoms with Gasteiger partial charge in [-0.1, -0.05) is 15.9 Å². The molecule has 0 radical (unpaired) electrons. The van der Waals surface area contributed by atoms with Crippen LogP contribution < -0.4 is 4.72 Å². The van der Waals surface area contributed by atoms with Gasteiger partial charge in [0, 0.05) is 19.5 Å². The fraction of sp³-hybridized carbons (Fsp3) is 1.00. The van der Waals surface area contributed by atoms with Gasteiger partial charge >= 0.3 is 0 Å². The van der Waals surface area contributed by atoms with Gasteiger partial charge in [0.15, 0.2) is 0 Å². The highest BCUT2D eigenvalue weighted by atomic mass is 79.9. The van der Waals surface area contributed by atoms with E-state index in [-0.39, 0.29) is 18.4 Å². The first-order valence-corrected chi connectivity index (χ1v) is 6.87. The van der Waals surface area contributed by atoms with E-state index in [9.17, 15) is 8.42 Å². The lowest BCUT2D eigenvalue weighted by atomic mass is 10.4. The third kappa shape index (κ3) is 6.72.